The monoisotopic (exact) mass is 264 g/mol. The summed E-state index contributed by atoms with van der Waals surface area (Å²) in [5.41, 5.74) is 0. The standard InChI is InChI=1S/C11H24N2O3S/c1-12(7-3-4-10-14)11-5-8-13(9-6-11)17(2,15)16/h11,14H,3-10H2,1-2H3. The zero-order valence-corrected chi connectivity index (χ0v) is 11.6. The summed E-state index contributed by atoms with van der Waals surface area (Å²) in [4.78, 5) is 2.29. The molecule has 1 N–H and O–H groups in total. The molecule has 0 bridgehead atoms. The van der Waals surface area contributed by atoms with Crippen molar-refractivity contribution in [3.05, 3.63) is 0 Å². The fourth-order valence-corrected chi connectivity index (χ4v) is 3.14. The van der Waals surface area contributed by atoms with E-state index < -0.39 is 10.0 Å². The molecule has 0 aromatic carbocycles. The van der Waals surface area contributed by atoms with Crippen molar-refractivity contribution < 1.29 is 13.5 Å². The number of aliphatic hydroxyl groups is 1. The Morgan fingerprint density at radius 1 is 1.29 bits per heavy atom. The van der Waals surface area contributed by atoms with E-state index in [9.17, 15) is 8.42 Å². The number of rotatable bonds is 6. The van der Waals surface area contributed by atoms with Crippen LogP contribution in [-0.4, -0.2) is 68.3 Å². The largest absolute Gasteiger partial charge is 0.396 e. The highest BCUT2D eigenvalue weighted by atomic mass is 32.2. The van der Waals surface area contributed by atoms with Crippen LogP contribution in [-0.2, 0) is 10.0 Å². The van der Waals surface area contributed by atoms with Crippen molar-refractivity contribution in [3.8, 4) is 0 Å². The number of hydrogen-bond donors (Lipinski definition) is 1. The first-order chi connectivity index (χ1) is 7.95. The van der Waals surface area contributed by atoms with Crippen molar-refractivity contribution in [1.82, 2.24) is 9.21 Å². The molecule has 0 aliphatic carbocycles. The molecule has 6 heteroatoms. The molecule has 0 amide bonds. The highest BCUT2D eigenvalue weighted by Gasteiger charge is 2.26. The lowest BCUT2D eigenvalue weighted by atomic mass is 10.1. The van der Waals surface area contributed by atoms with Crippen LogP contribution in [0, 0.1) is 0 Å². The maximum Gasteiger partial charge on any atom is 0.211 e. The lowest BCUT2D eigenvalue weighted by Crippen LogP contribution is -2.45. The summed E-state index contributed by atoms with van der Waals surface area (Å²) in [5, 5.41) is 8.72. The van der Waals surface area contributed by atoms with Crippen LogP contribution >= 0.6 is 0 Å². The van der Waals surface area contributed by atoms with Gasteiger partial charge < -0.3 is 10.0 Å². The SMILES string of the molecule is CN(CCCCO)C1CCN(S(C)(=O)=O)CC1. The van der Waals surface area contributed by atoms with Gasteiger partial charge in [-0.3, -0.25) is 0 Å². The number of hydrogen-bond acceptors (Lipinski definition) is 4. The minimum Gasteiger partial charge on any atom is -0.396 e. The van der Waals surface area contributed by atoms with E-state index in [4.69, 9.17) is 5.11 Å². The van der Waals surface area contributed by atoms with E-state index in [0.717, 1.165) is 32.2 Å². The number of sulfonamides is 1. The average Bonchev–Trinajstić information content (AvgIpc) is 2.28. The van der Waals surface area contributed by atoms with E-state index in [0.29, 0.717) is 19.1 Å². The second kappa shape index (κ2) is 6.68. The smallest absolute Gasteiger partial charge is 0.211 e. The number of unbranched alkanes of at least 4 members (excludes halogenated alkanes) is 1. The molecule has 102 valence electrons. The molecule has 0 spiro atoms. The Bertz CT molecular complexity index is 311. The quantitative estimate of drug-likeness (QED) is 0.692. The molecule has 1 saturated heterocycles. The number of aliphatic hydroxyl groups excluding tert-OH is 1. The van der Waals surface area contributed by atoms with Gasteiger partial charge in [0, 0.05) is 25.7 Å². The first kappa shape index (κ1) is 14.9. The fraction of sp³-hybridized carbons (Fsp3) is 1.00. The van der Waals surface area contributed by atoms with Crippen LogP contribution in [0.1, 0.15) is 25.7 Å². The van der Waals surface area contributed by atoms with Crippen LogP contribution < -0.4 is 0 Å². The summed E-state index contributed by atoms with van der Waals surface area (Å²) in [6.45, 7) is 2.49. The molecular weight excluding hydrogens is 240 g/mol. The second-order valence-corrected chi connectivity index (χ2v) is 6.79. The normalized spacial score (nSPS) is 20.0. The Labute approximate surface area is 104 Å². The summed E-state index contributed by atoms with van der Waals surface area (Å²) in [6.07, 6.45) is 4.93. The first-order valence-electron chi connectivity index (χ1n) is 6.21. The van der Waals surface area contributed by atoms with Gasteiger partial charge in [-0.25, -0.2) is 12.7 Å². The van der Waals surface area contributed by atoms with Gasteiger partial charge in [-0.2, -0.15) is 0 Å². The van der Waals surface area contributed by atoms with E-state index in [2.05, 4.69) is 11.9 Å². The molecule has 17 heavy (non-hydrogen) atoms. The molecular formula is C11H24N2O3S. The molecule has 0 unspecified atom stereocenters. The minimum atomic E-state index is -3.01. The number of nitrogens with zero attached hydrogens (tertiary/aromatic N) is 2. The van der Waals surface area contributed by atoms with Crippen molar-refractivity contribution in [2.75, 3.05) is 39.5 Å². The van der Waals surface area contributed by atoms with Crippen molar-refractivity contribution in [2.24, 2.45) is 0 Å². The molecule has 1 aliphatic rings. The zero-order chi connectivity index (χ0) is 12.9. The molecule has 0 aromatic rings. The van der Waals surface area contributed by atoms with Crippen LogP contribution in [0.15, 0.2) is 0 Å². The van der Waals surface area contributed by atoms with Crippen molar-refractivity contribution in [2.45, 2.75) is 31.7 Å². The lowest BCUT2D eigenvalue weighted by Gasteiger charge is -2.35. The van der Waals surface area contributed by atoms with Gasteiger partial charge in [-0.1, -0.05) is 0 Å². The van der Waals surface area contributed by atoms with Gasteiger partial charge in [-0.05, 0) is 39.3 Å². The summed E-state index contributed by atoms with van der Waals surface area (Å²) >= 11 is 0. The second-order valence-electron chi connectivity index (χ2n) is 4.80. The van der Waals surface area contributed by atoms with Gasteiger partial charge in [0.1, 0.15) is 0 Å². The van der Waals surface area contributed by atoms with Crippen LogP contribution in [0.2, 0.25) is 0 Å². The summed E-state index contributed by atoms with van der Waals surface area (Å²) in [5.74, 6) is 0. The van der Waals surface area contributed by atoms with Crippen LogP contribution in [0.4, 0.5) is 0 Å². The van der Waals surface area contributed by atoms with E-state index in [1.807, 2.05) is 0 Å². The Balaban J connectivity index is 2.31. The molecule has 1 heterocycles. The predicted molar refractivity (Wildman–Crippen MR) is 68.4 cm³/mol. The highest BCUT2D eigenvalue weighted by molar-refractivity contribution is 7.88. The highest BCUT2D eigenvalue weighted by Crippen LogP contribution is 2.17. The van der Waals surface area contributed by atoms with Gasteiger partial charge in [0.25, 0.3) is 0 Å². The molecule has 0 saturated carbocycles. The Kier molecular flexibility index (Phi) is 5.85. The van der Waals surface area contributed by atoms with Gasteiger partial charge in [0.2, 0.25) is 10.0 Å². The van der Waals surface area contributed by atoms with Gasteiger partial charge >= 0.3 is 0 Å². The van der Waals surface area contributed by atoms with Gasteiger partial charge in [-0.15, -0.1) is 0 Å². The summed E-state index contributed by atoms with van der Waals surface area (Å²) in [6, 6.07) is 0.478. The van der Waals surface area contributed by atoms with Crippen LogP contribution in [0.25, 0.3) is 0 Å². The molecule has 0 radical (unpaired) electrons. The third kappa shape index (κ3) is 4.91. The van der Waals surface area contributed by atoms with E-state index in [-0.39, 0.29) is 6.61 Å². The topological polar surface area (TPSA) is 60.9 Å². The van der Waals surface area contributed by atoms with Crippen molar-refractivity contribution in [1.29, 1.82) is 0 Å². The molecule has 1 rings (SSSR count). The Hall–Kier alpha value is -0.170. The van der Waals surface area contributed by atoms with E-state index in [1.54, 1.807) is 4.31 Å². The third-order valence-corrected chi connectivity index (χ3v) is 4.74. The maximum atomic E-state index is 11.4. The average molecular weight is 264 g/mol. The van der Waals surface area contributed by atoms with Crippen LogP contribution in [0.5, 0.6) is 0 Å². The molecule has 0 atom stereocenters. The Morgan fingerprint density at radius 3 is 2.35 bits per heavy atom. The summed E-state index contributed by atoms with van der Waals surface area (Å²) < 4.78 is 24.3. The maximum absolute atomic E-state index is 11.4. The van der Waals surface area contributed by atoms with Gasteiger partial charge in [0.15, 0.2) is 0 Å². The molecule has 1 aliphatic heterocycles. The Morgan fingerprint density at radius 2 is 1.88 bits per heavy atom. The molecule has 0 aromatic heterocycles. The minimum absolute atomic E-state index is 0.250. The lowest BCUT2D eigenvalue weighted by molar-refractivity contribution is 0.162. The summed E-state index contributed by atoms with van der Waals surface area (Å²) in [7, 11) is -0.933. The van der Waals surface area contributed by atoms with Crippen molar-refractivity contribution in [3.63, 3.8) is 0 Å². The predicted octanol–water partition coefficient (Wildman–Crippen LogP) is 0.115. The van der Waals surface area contributed by atoms with Crippen LogP contribution in [0.3, 0.4) is 0 Å². The van der Waals surface area contributed by atoms with Gasteiger partial charge in [0.05, 0.1) is 6.26 Å². The van der Waals surface area contributed by atoms with Crippen molar-refractivity contribution >= 4 is 10.0 Å². The zero-order valence-electron chi connectivity index (χ0n) is 10.8. The molecule has 5 nitrogen and oxygen atoms in total. The van der Waals surface area contributed by atoms with E-state index >= 15 is 0 Å². The van der Waals surface area contributed by atoms with E-state index in [1.165, 1.54) is 6.26 Å². The number of piperidine rings is 1. The third-order valence-electron chi connectivity index (χ3n) is 3.43. The first-order valence-corrected chi connectivity index (χ1v) is 8.06. The molecule has 1 fully saturated rings. The fourth-order valence-electron chi connectivity index (χ4n) is 2.27.